The van der Waals surface area contributed by atoms with Gasteiger partial charge in [0.15, 0.2) is 11.5 Å². The molecule has 0 unspecified atom stereocenters. The number of nitrogens with zero attached hydrogens (tertiary/aromatic N) is 3. The summed E-state index contributed by atoms with van der Waals surface area (Å²) in [4.78, 5) is 31.2. The Kier molecular flexibility index (Phi) is 6.48. The molecule has 1 saturated heterocycles. The van der Waals surface area contributed by atoms with Gasteiger partial charge in [0, 0.05) is 50.0 Å². The van der Waals surface area contributed by atoms with Gasteiger partial charge in [-0.05, 0) is 55.0 Å². The Morgan fingerprint density at radius 3 is 2.50 bits per heavy atom. The van der Waals surface area contributed by atoms with Crippen molar-refractivity contribution >= 4 is 11.9 Å². The molecule has 4 aliphatic heterocycles. The monoisotopic (exact) mass is 543 g/mol. The summed E-state index contributed by atoms with van der Waals surface area (Å²) in [5.74, 6) is 0.0924. The Hall–Kier alpha value is -3.82. The van der Waals surface area contributed by atoms with Gasteiger partial charge in [0.05, 0.1) is 30.0 Å². The second-order valence-electron chi connectivity index (χ2n) is 11.0. The number of aromatic nitrogens is 1. The molecule has 1 aromatic heterocycles. The third-order valence-corrected chi connectivity index (χ3v) is 8.69. The Morgan fingerprint density at radius 2 is 1.70 bits per heavy atom. The number of ether oxygens (including phenoxy) is 3. The molecule has 9 heteroatoms. The van der Waals surface area contributed by atoms with Crippen LogP contribution in [0.4, 0.5) is 0 Å². The van der Waals surface area contributed by atoms with Crippen LogP contribution >= 0.6 is 0 Å². The van der Waals surface area contributed by atoms with E-state index in [0.29, 0.717) is 54.4 Å². The first kappa shape index (κ1) is 25.2. The number of hydrogen-bond acceptors (Lipinski definition) is 6. The van der Waals surface area contributed by atoms with Crippen LogP contribution in [0.15, 0.2) is 42.5 Å². The van der Waals surface area contributed by atoms with Crippen molar-refractivity contribution in [3.63, 3.8) is 0 Å². The number of carbonyl (C=O) groups is 2. The van der Waals surface area contributed by atoms with E-state index in [2.05, 4.69) is 27.7 Å². The van der Waals surface area contributed by atoms with Crippen LogP contribution in [0.25, 0.3) is 11.3 Å². The number of morpholine rings is 1. The average molecular weight is 544 g/mol. The maximum absolute atomic E-state index is 14.6. The summed E-state index contributed by atoms with van der Waals surface area (Å²) in [6.07, 6.45) is 3.40. The molecular weight excluding hydrogens is 510 g/mol. The topological polar surface area (TPSA) is 93.5 Å². The highest BCUT2D eigenvalue weighted by Crippen LogP contribution is 2.42. The van der Waals surface area contributed by atoms with Crippen LogP contribution < -0.4 is 9.47 Å². The van der Waals surface area contributed by atoms with Crippen LogP contribution in [-0.4, -0.2) is 77.0 Å². The molecule has 1 N–H and O–H groups in total. The van der Waals surface area contributed by atoms with E-state index in [1.165, 1.54) is 5.56 Å². The maximum atomic E-state index is 14.6. The van der Waals surface area contributed by atoms with E-state index in [-0.39, 0.29) is 18.7 Å². The van der Waals surface area contributed by atoms with E-state index in [1.807, 2.05) is 17.0 Å². The van der Waals surface area contributed by atoms with Gasteiger partial charge in [-0.2, -0.15) is 0 Å². The number of carboxylic acid groups (broad SMARTS) is 1. The molecular formula is C31H33N3O6. The first-order valence-corrected chi connectivity index (χ1v) is 14.1. The number of carboxylic acids is 1. The van der Waals surface area contributed by atoms with Gasteiger partial charge in [-0.25, -0.2) is 4.79 Å². The summed E-state index contributed by atoms with van der Waals surface area (Å²) in [5.41, 5.74) is 5.51. The van der Waals surface area contributed by atoms with E-state index in [4.69, 9.17) is 14.2 Å². The van der Waals surface area contributed by atoms with Crippen LogP contribution in [-0.2, 0) is 30.7 Å². The van der Waals surface area contributed by atoms with E-state index in [9.17, 15) is 14.7 Å². The van der Waals surface area contributed by atoms with Crippen LogP contribution in [0.3, 0.4) is 0 Å². The molecule has 0 aliphatic carbocycles. The molecule has 3 aromatic rings. The van der Waals surface area contributed by atoms with Gasteiger partial charge < -0.3 is 28.8 Å². The third-order valence-electron chi connectivity index (χ3n) is 8.69. The lowest BCUT2D eigenvalue weighted by molar-refractivity contribution is 0.0193. The SMILES string of the molecule is O=C(O)c1cc(-c2cc3c(cc2C(=O)N2Cc4ccccc4C[C@H]2CN2CCOCC2)OCO3)n2c1CCCC2. The Bertz CT molecular complexity index is 1470. The molecule has 7 rings (SSSR count). The molecule has 0 spiro atoms. The summed E-state index contributed by atoms with van der Waals surface area (Å²) in [5, 5.41) is 9.97. The fraction of sp³-hybridized carbons (Fsp3) is 0.419. The van der Waals surface area contributed by atoms with Gasteiger partial charge in [-0.1, -0.05) is 24.3 Å². The number of benzene rings is 2. The Morgan fingerprint density at radius 1 is 0.925 bits per heavy atom. The normalized spacial score (nSPS) is 20.2. The van der Waals surface area contributed by atoms with Crippen molar-refractivity contribution in [2.45, 2.75) is 44.8 Å². The number of fused-ring (bicyclic) bond motifs is 3. The van der Waals surface area contributed by atoms with Crippen LogP contribution in [0, 0.1) is 0 Å². The number of hydrogen-bond donors (Lipinski definition) is 1. The molecule has 9 nitrogen and oxygen atoms in total. The Balaban J connectivity index is 1.32. The minimum absolute atomic E-state index is 0.00501. The average Bonchev–Trinajstić information content (AvgIpc) is 3.61. The Labute approximate surface area is 232 Å². The third kappa shape index (κ3) is 4.43. The summed E-state index contributed by atoms with van der Waals surface area (Å²) < 4.78 is 19.1. The largest absolute Gasteiger partial charge is 0.478 e. The van der Waals surface area contributed by atoms with Crippen molar-refractivity contribution in [3.8, 4) is 22.8 Å². The van der Waals surface area contributed by atoms with Crippen molar-refractivity contribution in [2.75, 3.05) is 39.6 Å². The van der Waals surface area contributed by atoms with E-state index in [1.54, 1.807) is 12.1 Å². The molecule has 0 bridgehead atoms. The predicted octanol–water partition coefficient (Wildman–Crippen LogP) is 3.82. The fourth-order valence-corrected chi connectivity index (χ4v) is 6.64. The lowest BCUT2D eigenvalue weighted by Crippen LogP contribution is -2.52. The zero-order chi connectivity index (χ0) is 27.2. The fourth-order valence-electron chi connectivity index (χ4n) is 6.64. The highest BCUT2D eigenvalue weighted by atomic mass is 16.7. The number of amides is 1. The summed E-state index contributed by atoms with van der Waals surface area (Å²) in [6, 6.07) is 13.7. The minimum atomic E-state index is -0.941. The second-order valence-corrected chi connectivity index (χ2v) is 11.0. The zero-order valence-corrected chi connectivity index (χ0v) is 22.4. The van der Waals surface area contributed by atoms with Gasteiger partial charge in [0.1, 0.15) is 0 Å². The van der Waals surface area contributed by atoms with Crippen molar-refractivity contribution < 1.29 is 28.9 Å². The molecule has 2 aromatic carbocycles. The molecule has 5 heterocycles. The number of rotatable bonds is 5. The molecule has 1 atom stereocenters. The van der Waals surface area contributed by atoms with Gasteiger partial charge >= 0.3 is 5.97 Å². The summed E-state index contributed by atoms with van der Waals surface area (Å²) in [7, 11) is 0. The zero-order valence-electron chi connectivity index (χ0n) is 22.4. The van der Waals surface area contributed by atoms with Crippen LogP contribution in [0.5, 0.6) is 11.5 Å². The van der Waals surface area contributed by atoms with Crippen molar-refractivity contribution in [1.29, 1.82) is 0 Å². The highest BCUT2D eigenvalue weighted by Gasteiger charge is 2.35. The smallest absolute Gasteiger partial charge is 0.337 e. The van der Waals surface area contributed by atoms with Gasteiger partial charge in [0.2, 0.25) is 6.79 Å². The molecule has 0 saturated carbocycles. The molecule has 1 fully saturated rings. The predicted molar refractivity (Wildman–Crippen MR) is 147 cm³/mol. The molecule has 1 amide bonds. The number of aromatic carboxylic acids is 1. The summed E-state index contributed by atoms with van der Waals surface area (Å²) in [6.45, 7) is 5.21. The van der Waals surface area contributed by atoms with Crippen molar-refractivity contribution in [1.82, 2.24) is 14.4 Å². The van der Waals surface area contributed by atoms with Crippen LogP contribution in [0.2, 0.25) is 0 Å². The lowest BCUT2D eigenvalue weighted by atomic mass is 9.92. The van der Waals surface area contributed by atoms with E-state index < -0.39 is 5.97 Å². The second kappa shape index (κ2) is 10.3. The summed E-state index contributed by atoms with van der Waals surface area (Å²) >= 11 is 0. The quantitative estimate of drug-likeness (QED) is 0.523. The van der Waals surface area contributed by atoms with Gasteiger partial charge in [-0.15, -0.1) is 0 Å². The van der Waals surface area contributed by atoms with Crippen LogP contribution in [0.1, 0.15) is 50.4 Å². The van der Waals surface area contributed by atoms with Crippen molar-refractivity contribution in [3.05, 3.63) is 70.4 Å². The molecule has 40 heavy (non-hydrogen) atoms. The standard InChI is InChI=1S/C31H33N3O6/c35-30(34-17-21-6-2-1-5-20(21)13-22(34)18-32-9-11-38-12-10-32)24-16-29-28(39-19-40-29)15-23(24)27-14-25(31(36)37)26-7-3-4-8-33(26)27/h1-2,5-6,14-16,22H,3-4,7-13,17-19H2,(H,36,37)/t22-/m0/s1. The molecule has 0 radical (unpaired) electrons. The first-order valence-electron chi connectivity index (χ1n) is 14.1. The van der Waals surface area contributed by atoms with Crippen molar-refractivity contribution in [2.24, 2.45) is 0 Å². The molecule has 208 valence electrons. The maximum Gasteiger partial charge on any atom is 0.337 e. The molecule has 4 aliphatic rings. The van der Waals surface area contributed by atoms with Gasteiger partial charge in [-0.3, -0.25) is 9.69 Å². The minimum Gasteiger partial charge on any atom is -0.478 e. The lowest BCUT2D eigenvalue weighted by Gasteiger charge is -2.40. The van der Waals surface area contributed by atoms with E-state index in [0.717, 1.165) is 62.4 Å². The highest BCUT2D eigenvalue weighted by molar-refractivity contribution is 6.03. The van der Waals surface area contributed by atoms with Gasteiger partial charge in [0.25, 0.3) is 5.91 Å². The first-order chi connectivity index (χ1) is 19.6. The van der Waals surface area contributed by atoms with E-state index >= 15 is 0 Å². The number of carbonyl (C=O) groups excluding carboxylic acids is 1.